The largest absolute Gasteiger partial charge is 0.192 e. The summed E-state index contributed by atoms with van der Waals surface area (Å²) in [6, 6.07) is 78.9. The first-order chi connectivity index (χ1) is 32.1. The van der Waals surface area contributed by atoms with Crippen LogP contribution in [0, 0.1) is 22.7 Å². The van der Waals surface area contributed by atoms with Gasteiger partial charge >= 0.3 is 0 Å². The third-order valence-corrected chi connectivity index (χ3v) is 14.6. The lowest BCUT2D eigenvalue weighted by atomic mass is 9.83. The van der Waals surface area contributed by atoms with E-state index < -0.39 is 0 Å². The van der Waals surface area contributed by atoms with E-state index in [9.17, 15) is 10.5 Å². The molecule has 0 saturated carbocycles. The molecule has 12 aromatic carbocycles. The summed E-state index contributed by atoms with van der Waals surface area (Å²) in [5, 5.41) is 36.7. The first kappa shape index (κ1) is 37.0. The number of benzene rings is 12. The molecule has 65 heavy (non-hydrogen) atoms. The SMILES string of the molecule is N#Cc1ccc(-c2cc(-c3ccc(C#N)cc3)cc(-c3c4ccccc4c(-c4ccc5c(c4)c4ccccc4c4cc6c(cc54)sc4ccc5ccccc5c46)c4ccccc34)c2)cc1. The van der Waals surface area contributed by atoms with Gasteiger partial charge in [0.25, 0.3) is 0 Å². The highest BCUT2D eigenvalue weighted by atomic mass is 32.1. The average Bonchev–Trinajstić information content (AvgIpc) is 3.75. The minimum Gasteiger partial charge on any atom is -0.192 e. The highest BCUT2D eigenvalue weighted by molar-refractivity contribution is 7.26. The lowest BCUT2D eigenvalue weighted by Crippen LogP contribution is -1.93. The van der Waals surface area contributed by atoms with Crippen LogP contribution in [0.5, 0.6) is 0 Å². The Morgan fingerprint density at radius 1 is 0.277 bits per heavy atom. The molecule has 0 radical (unpaired) electrons. The molecule has 1 heterocycles. The third-order valence-electron chi connectivity index (χ3n) is 13.5. The van der Waals surface area contributed by atoms with Crippen LogP contribution in [-0.2, 0) is 0 Å². The van der Waals surface area contributed by atoms with E-state index in [1.165, 1.54) is 101 Å². The average molecular weight is 839 g/mol. The summed E-state index contributed by atoms with van der Waals surface area (Å²) in [6.07, 6.45) is 0. The Kier molecular flexibility index (Phi) is 8.24. The van der Waals surface area contributed by atoms with Gasteiger partial charge in [-0.2, -0.15) is 10.5 Å². The van der Waals surface area contributed by atoms with Crippen LogP contribution in [0.3, 0.4) is 0 Å². The molecule has 13 aromatic rings. The summed E-state index contributed by atoms with van der Waals surface area (Å²) in [6.45, 7) is 0. The molecule has 0 aliphatic carbocycles. The summed E-state index contributed by atoms with van der Waals surface area (Å²) >= 11 is 1.89. The number of hydrogen-bond donors (Lipinski definition) is 0. The smallest absolute Gasteiger partial charge is 0.0991 e. The minimum atomic E-state index is 0.627. The summed E-state index contributed by atoms with van der Waals surface area (Å²) in [7, 11) is 0. The van der Waals surface area contributed by atoms with Crippen molar-refractivity contribution in [3.05, 3.63) is 217 Å². The molecule has 13 rings (SSSR count). The van der Waals surface area contributed by atoms with Crippen LogP contribution < -0.4 is 0 Å². The Balaban J connectivity index is 1.06. The van der Waals surface area contributed by atoms with Gasteiger partial charge in [0.2, 0.25) is 0 Å². The van der Waals surface area contributed by atoms with Crippen molar-refractivity contribution in [2.45, 2.75) is 0 Å². The Hall–Kier alpha value is -8.60. The van der Waals surface area contributed by atoms with Crippen LogP contribution in [0.15, 0.2) is 206 Å². The Morgan fingerprint density at radius 2 is 0.723 bits per heavy atom. The number of hydrogen-bond acceptors (Lipinski definition) is 3. The zero-order valence-electron chi connectivity index (χ0n) is 34.9. The molecule has 0 amide bonds. The predicted molar refractivity (Wildman–Crippen MR) is 276 cm³/mol. The van der Waals surface area contributed by atoms with E-state index in [0.717, 1.165) is 27.8 Å². The zero-order valence-corrected chi connectivity index (χ0v) is 35.7. The normalized spacial score (nSPS) is 11.7. The van der Waals surface area contributed by atoms with Gasteiger partial charge in [-0.1, -0.05) is 140 Å². The van der Waals surface area contributed by atoms with E-state index in [1.807, 2.05) is 59.9 Å². The summed E-state index contributed by atoms with van der Waals surface area (Å²) in [5.41, 5.74) is 10.1. The van der Waals surface area contributed by atoms with Crippen molar-refractivity contribution in [1.29, 1.82) is 10.5 Å². The monoisotopic (exact) mass is 838 g/mol. The van der Waals surface area contributed by atoms with Gasteiger partial charge in [-0.15, -0.1) is 11.3 Å². The maximum absolute atomic E-state index is 9.59. The van der Waals surface area contributed by atoms with Gasteiger partial charge in [-0.3, -0.25) is 0 Å². The first-order valence-electron chi connectivity index (χ1n) is 21.8. The van der Waals surface area contributed by atoms with Gasteiger partial charge in [0.15, 0.2) is 0 Å². The fourth-order valence-corrected chi connectivity index (χ4v) is 11.6. The molecule has 0 atom stereocenters. The third kappa shape index (κ3) is 5.77. The molecular weight excluding hydrogens is 805 g/mol. The molecule has 3 heteroatoms. The van der Waals surface area contributed by atoms with E-state index in [2.05, 4.69) is 170 Å². The topological polar surface area (TPSA) is 47.6 Å². The molecule has 0 spiro atoms. The number of nitriles is 2. The van der Waals surface area contributed by atoms with Crippen LogP contribution in [-0.4, -0.2) is 0 Å². The number of thiophene rings is 1. The van der Waals surface area contributed by atoms with Gasteiger partial charge < -0.3 is 0 Å². The number of fused-ring (bicyclic) bond motifs is 13. The Labute approximate surface area is 378 Å². The lowest BCUT2D eigenvalue weighted by Gasteiger charge is -2.20. The van der Waals surface area contributed by atoms with Crippen LogP contribution in [0.2, 0.25) is 0 Å². The standard InChI is InChI=1S/C62H34N2S/c63-35-37-17-21-39(22-18-37)43-29-44(40-23-19-38(36-64)20-24-40)31-45(30-43)61-52-15-7-5-13-50(52)60(51-14-6-8-16-53(51)61)42-25-27-49-54(32-42)47-11-3-4-12-48(47)55-33-57-59(34-56(49)55)65-58-28-26-41-9-1-2-10-46(41)62(57)58/h1-34H. The van der Waals surface area contributed by atoms with Crippen LogP contribution >= 0.6 is 11.3 Å². The molecule has 1 aromatic heterocycles. The molecule has 298 valence electrons. The van der Waals surface area contributed by atoms with Crippen molar-refractivity contribution in [3.8, 4) is 56.6 Å². The molecule has 0 fully saturated rings. The molecular formula is C62H34N2S. The van der Waals surface area contributed by atoms with E-state index in [0.29, 0.717) is 11.1 Å². The molecule has 0 aliphatic heterocycles. The Bertz CT molecular complexity index is 4110. The Morgan fingerprint density at radius 3 is 1.29 bits per heavy atom. The van der Waals surface area contributed by atoms with Crippen molar-refractivity contribution in [2.75, 3.05) is 0 Å². The molecule has 0 unspecified atom stereocenters. The highest BCUT2D eigenvalue weighted by Crippen LogP contribution is 2.48. The zero-order chi connectivity index (χ0) is 43.2. The van der Waals surface area contributed by atoms with Gasteiger partial charge in [0.05, 0.1) is 23.3 Å². The highest BCUT2D eigenvalue weighted by Gasteiger charge is 2.20. The molecule has 0 bridgehead atoms. The summed E-state index contributed by atoms with van der Waals surface area (Å²) in [4.78, 5) is 0. The van der Waals surface area contributed by atoms with Crippen molar-refractivity contribution in [3.63, 3.8) is 0 Å². The molecule has 0 saturated heterocycles. The van der Waals surface area contributed by atoms with E-state index >= 15 is 0 Å². The molecule has 0 aliphatic rings. The van der Waals surface area contributed by atoms with Gasteiger partial charge in [-0.25, -0.2) is 0 Å². The summed E-state index contributed by atoms with van der Waals surface area (Å²) < 4.78 is 2.63. The van der Waals surface area contributed by atoms with Crippen LogP contribution in [0.1, 0.15) is 11.1 Å². The summed E-state index contributed by atoms with van der Waals surface area (Å²) in [5.74, 6) is 0. The van der Waals surface area contributed by atoms with E-state index in [-0.39, 0.29) is 0 Å². The van der Waals surface area contributed by atoms with Crippen LogP contribution in [0.4, 0.5) is 0 Å². The maximum Gasteiger partial charge on any atom is 0.0991 e. The second-order valence-electron chi connectivity index (χ2n) is 17.0. The number of rotatable bonds is 4. The van der Waals surface area contributed by atoms with Gasteiger partial charge in [-0.05, 0) is 176 Å². The second-order valence-corrected chi connectivity index (χ2v) is 18.1. The van der Waals surface area contributed by atoms with Crippen molar-refractivity contribution < 1.29 is 0 Å². The fourth-order valence-electron chi connectivity index (χ4n) is 10.5. The first-order valence-corrected chi connectivity index (χ1v) is 22.7. The fraction of sp³-hybridized carbons (Fsp3) is 0. The van der Waals surface area contributed by atoms with Crippen molar-refractivity contribution in [2.24, 2.45) is 0 Å². The van der Waals surface area contributed by atoms with Crippen LogP contribution in [0.25, 0.3) is 129 Å². The van der Waals surface area contributed by atoms with Gasteiger partial charge in [0.1, 0.15) is 0 Å². The quantitative estimate of drug-likeness (QED) is 0.131. The second kappa shape index (κ2) is 14.5. The van der Waals surface area contributed by atoms with Crippen molar-refractivity contribution in [1.82, 2.24) is 0 Å². The predicted octanol–water partition coefficient (Wildman–Crippen LogP) is 17.4. The van der Waals surface area contributed by atoms with E-state index in [4.69, 9.17) is 0 Å². The minimum absolute atomic E-state index is 0.627. The van der Waals surface area contributed by atoms with E-state index in [1.54, 1.807) is 0 Å². The van der Waals surface area contributed by atoms with Crippen molar-refractivity contribution >= 4 is 96.1 Å². The lowest BCUT2D eigenvalue weighted by molar-refractivity contribution is 1.48. The maximum atomic E-state index is 9.59. The van der Waals surface area contributed by atoms with Gasteiger partial charge in [0, 0.05) is 20.2 Å². The molecule has 2 nitrogen and oxygen atoms in total. The molecule has 0 N–H and O–H groups in total. The number of nitrogens with zero attached hydrogens (tertiary/aromatic N) is 2.